The molecule has 18 heavy (non-hydrogen) atoms. The van der Waals surface area contributed by atoms with E-state index in [1.54, 1.807) is 0 Å². The Balaban J connectivity index is 2.30. The Morgan fingerprint density at radius 2 is 2.06 bits per heavy atom. The predicted molar refractivity (Wildman–Crippen MR) is 65.7 cm³/mol. The fourth-order valence-electron chi connectivity index (χ4n) is 2.31. The lowest BCUT2D eigenvalue weighted by Gasteiger charge is -2.16. The third-order valence-corrected chi connectivity index (χ3v) is 3.41. The van der Waals surface area contributed by atoms with E-state index in [1.807, 2.05) is 0 Å². The molecule has 1 aromatic carbocycles. The summed E-state index contributed by atoms with van der Waals surface area (Å²) in [6.07, 6.45) is 3.61. The molecule has 1 aliphatic heterocycles. The molecule has 0 aliphatic carbocycles. The summed E-state index contributed by atoms with van der Waals surface area (Å²) in [7, 11) is 0. The standard InChI is InChI=1S/C14H17F2NO/c1-9-6-7-10(15)12(13(9)16)14(18)11-5-3-2-4-8-17-11/h6-7,11,17H,2-5,8H2,1H3. The highest BCUT2D eigenvalue weighted by atomic mass is 19.1. The van der Waals surface area contributed by atoms with Crippen molar-refractivity contribution in [2.45, 2.75) is 38.6 Å². The van der Waals surface area contributed by atoms with Crippen LogP contribution in [0.1, 0.15) is 41.6 Å². The number of ketones is 1. The summed E-state index contributed by atoms with van der Waals surface area (Å²) < 4.78 is 27.5. The molecule has 1 saturated heterocycles. The molecule has 1 atom stereocenters. The van der Waals surface area contributed by atoms with Gasteiger partial charge in [-0.1, -0.05) is 18.9 Å². The van der Waals surface area contributed by atoms with Gasteiger partial charge in [0, 0.05) is 0 Å². The van der Waals surface area contributed by atoms with Crippen molar-refractivity contribution in [3.8, 4) is 0 Å². The topological polar surface area (TPSA) is 29.1 Å². The average Bonchev–Trinajstić information content (AvgIpc) is 2.63. The summed E-state index contributed by atoms with van der Waals surface area (Å²) in [4.78, 5) is 12.2. The molecule has 4 heteroatoms. The Morgan fingerprint density at radius 3 is 2.83 bits per heavy atom. The number of benzene rings is 1. The molecule has 1 aromatic rings. The third kappa shape index (κ3) is 2.58. The molecular formula is C14H17F2NO. The number of rotatable bonds is 2. The van der Waals surface area contributed by atoms with Crippen LogP contribution in [0.4, 0.5) is 8.78 Å². The van der Waals surface area contributed by atoms with Crippen molar-refractivity contribution in [3.63, 3.8) is 0 Å². The van der Waals surface area contributed by atoms with Gasteiger partial charge in [-0.3, -0.25) is 4.79 Å². The highest BCUT2D eigenvalue weighted by Gasteiger charge is 2.26. The van der Waals surface area contributed by atoms with Crippen LogP contribution >= 0.6 is 0 Å². The number of hydrogen-bond acceptors (Lipinski definition) is 2. The Labute approximate surface area is 105 Å². The quantitative estimate of drug-likeness (QED) is 0.821. The molecule has 98 valence electrons. The van der Waals surface area contributed by atoms with Crippen molar-refractivity contribution < 1.29 is 13.6 Å². The molecule has 2 nitrogen and oxygen atoms in total. The number of carbonyl (C=O) groups excluding carboxylic acids is 1. The minimum absolute atomic E-state index is 0.299. The summed E-state index contributed by atoms with van der Waals surface area (Å²) >= 11 is 0. The number of carbonyl (C=O) groups is 1. The molecule has 0 aromatic heterocycles. The van der Waals surface area contributed by atoms with Crippen LogP contribution in [0, 0.1) is 18.6 Å². The largest absolute Gasteiger partial charge is 0.307 e. The number of nitrogens with one attached hydrogen (secondary N) is 1. The molecule has 1 unspecified atom stereocenters. The second-order valence-corrected chi connectivity index (χ2v) is 4.77. The SMILES string of the molecule is Cc1ccc(F)c(C(=O)C2CCCCCN2)c1F. The van der Waals surface area contributed by atoms with Crippen LogP contribution in [0.5, 0.6) is 0 Å². The Morgan fingerprint density at radius 1 is 1.28 bits per heavy atom. The van der Waals surface area contributed by atoms with Gasteiger partial charge in [-0.2, -0.15) is 0 Å². The fourth-order valence-corrected chi connectivity index (χ4v) is 2.31. The zero-order chi connectivity index (χ0) is 13.1. The summed E-state index contributed by atoms with van der Waals surface area (Å²) in [5, 5.41) is 3.07. The van der Waals surface area contributed by atoms with Crippen molar-refractivity contribution in [1.82, 2.24) is 5.32 Å². The van der Waals surface area contributed by atoms with E-state index >= 15 is 0 Å². The van der Waals surface area contributed by atoms with Crippen LogP contribution in [0.2, 0.25) is 0 Å². The molecule has 1 fully saturated rings. The highest BCUT2D eigenvalue weighted by molar-refractivity contribution is 6.00. The van der Waals surface area contributed by atoms with Crippen LogP contribution in [-0.2, 0) is 0 Å². The monoisotopic (exact) mass is 253 g/mol. The zero-order valence-electron chi connectivity index (χ0n) is 10.4. The molecule has 1 aliphatic rings. The fraction of sp³-hybridized carbons (Fsp3) is 0.500. The molecule has 0 spiro atoms. The zero-order valence-corrected chi connectivity index (χ0v) is 10.4. The van der Waals surface area contributed by atoms with Crippen LogP contribution in [0.3, 0.4) is 0 Å². The average molecular weight is 253 g/mol. The Hall–Kier alpha value is -1.29. The van der Waals surface area contributed by atoms with Crippen molar-refractivity contribution in [3.05, 3.63) is 34.9 Å². The maximum atomic E-state index is 13.9. The number of hydrogen-bond donors (Lipinski definition) is 1. The molecule has 1 heterocycles. The first-order chi connectivity index (χ1) is 8.61. The normalized spacial score (nSPS) is 20.5. The van der Waals surface area contributed by atoms with Crippen LogP contribution in [0.15, 0.2) is 12.1 Å². The molecule has 0 radical (unpaired) electrons. The van der Waals surface area contributed by atoms with E-state index in [9.17, 15) is 13.6 Å². The maximum absolute atomic E-state index is 13.9. The van der Waals surface area contributed by atoms with Gasteiger partial charge in [0.25, 0.3) is 0 Å². The minimum atomic E-state index is -0.769. The van der Waals surface area contributed by atoms with Gasteiger partial charge >= 0.3 is 0 Å². The minimum Gasteiger partial charge on any atom is -0.307 e. The van der Waals surface area contributed by atoms with Crippen molar-refractivity contribution in [2.24, 2.45) is 0 Å². The lowest BCUT2D eigenvalue weighted by atomic mass is 9.98. The Bertz CT molecular complexity index is 451. The maximum Gasteiger partial charge on any atom is 0.185 e. The third-order valence-electron chi connectivity index (χ3n) is 3.41. The molecule has 0 saturated carbocycles. The van der Waals surface area contributed by atoms with Crippen molar-refractivity contribution in [1.29, 1.82) is 0 Å². The summed E-state index contributed by atoms with van der Waals surface area (Å²) in [6.45, 7) is 2.26. The van der Waals surface area contributed by atoms with Crippen molar-refractivity contribution >= 4 is 5.78 Å². The van der Waals surface area contributed by atoms with Crippen LogP contribution in [-0.4, -0.2) is 18.4 Å². The van der Waals surface area contributed by atoms with Gasteiger partial charge < -0.3 is 5.32 Å². The summed E-state index contributed by atoms with van der Waals surface area (Å²) in [6, 6.07) is 2.04. The van der Waals surface area contributed by atoms with E-state index < -0.39 is 29.0 Å². The highest BCUT2D eigenvalue weighted by Crippen LogP contribution is 2.20. The van der Waals surface area contributed by atoms with Crippen LogP contribution in [0.25, 0.3) is 0 Å². The first-order valence-corrected chi connectivity index (χ1v) is 6.33. The van der Waals surface area contributed by atoms with E-state index in [2.05, 4.69) is 5.32 Å². The van der Waals surface area contributed by atoms with E-state index in [-0.39, 0.29) is 0 Å². The molecule has 2 rings (SSSR count). The van der Waals surface area contributed by atoms with Gasteiger partial charge in [0.15, 0.2) is 5.78 Å². The lowest BCUT2D eigenvalue weighted by molar-refractivity contribution is 0.0932. The van der Waals surface area contributed by atoms with Crippen molar-refractivity contribution in [2.75, 3.05) is 6.54 Å². The smallest absolute Gasteiger partial charge is 0.185 e. The second-order valence-electron chi connectivity index (χ2n) is 4.77. The number of halogens is 2. The molecule has 0 bridgehead atoms. The van der Waals surface area contributed by atoms with Gasteiger partial charge in [0.2, 0.25) is 0 Å². The molecule has 0 amide bonds. The van der Waals surface area contributed by atoms with Gasteiger partial charge in [-0.25, -0.2) is 8.78 Å². The van der Waals surface area contributed by atoms with Crippen LogP contribution < -0.4 is 5.32 Å². The first kappa shape index (κ1) is 13.1. The second kappa shape index (κ2) is 5.57. The number of aryl methyl sites for hydroxylation is 1. The van der Waals surface area contributed by atoms with Gasteiger partial charge in [0.1, 0.15) is 11.6 Å². The van der Waals surface area contributed by atoms with E-state index in [0.29, 0.717) is 12.0 Å². The van der Waals surface area contributed by atoms with E-state index in [0.717, 1.165) is 31.9 Å². The van der Waals surface area contributed by atoms with E-state index in [1.165, 1.54) is 13.0 Å². The van der Waals surface area contributed by atoms with Gasteiger partial charge in [-0.05, 0) is 37.9 Å². The first-order valence-electron chi connectivity index (χ1n) is 6.33. The number of Topliss-reactive ketones (excluding diaryl/α,β-unsaturated/α-hetero) is 1. The van der Waals surface area contributed by atoms with E-state index in [4.69, 9.17) is 0 Å². The lowest BCUT2D eigenvalue weighted by Crippen LogP contribution is -2.37. The predicted octanol–water partition coefficient (Wildman–Crippen LogP) is 2.99. The Kier molecular flexibility index (Phi) is 4.07. The summed E-state index contributed by atoms with van der Waals surface area (Å²) in [5.74, 6) is -1.96. The summed E-state index contributed by atoms with van der Waals surface area (Å²) in [5.41, 5.74) is -0.0947. The molecular weight excluding hydrogens is 236 g/mol. The van der Waals surface area contributed by atoms with Gasteiger partial charge in [0.05, 0.1) is 11.6 Å². The van der Waals surface area contributed by atoms with Gasteiger partial charge in [-0.15, -0.1) is 0 Å². The molecule has 1 N–H and O–H groups in total.